The van der Waals surface area contributed by atoms with Crippen molar-refractivity contribution in [1.29, 1.82) is 0 Å². The number of thiazole rings is 1. The number of anilines is 1. The minimum atomic E-state index is -0.443. The van der Waals surface area contributed by atoms with Crippen molar-refractivity contribution in [2.75, 3.05) is 24.8 Å². The first-order valence-corrected chi connectivity index (χ1v) is 11.7. The van der Waals surface area contributed by atoms with Crippen LogP contribution in [0.2, 0.25) is 0 Å². The molecule has 4 aromatic rings. The molecule has 5 nitrogen and oxygen atoms in total. The number of rotatable bonds is 8. The van der Waals surface area contributed by atoms with Crippen molar-refractivity contribution in [1.82, 2.24) is 4.98 Å². The van der Waals surface area contributed by atoms with E-state index in [0.717, 1.165) is 37.4 Å². The summed E-state index contributed by atoms with van der Waals surface area (Å²) >= 11 is 3.17. The highest BCUT2D eigenvalue weighted by molar-refractivity contribution is 8.01. The number of thioether (sulfide) groups is 1. The largest absolute Gasteiger partial charge is 0.493 e. The maximum Gasteiger partial charge on any atom is 0.255 e. The molecule has 1 amide bonds. The van der Waals surface area contributed by atoms with Gasteiger partial charge in [0.25, 0.3) is 5.91 Å². The Labute approximate surface area is 193 Å². The molecule has 0 aliphatic rings. The van der Waals surface area contributed by atoms with Crippen molar-refractivity contribution in [3.8, 4) is 11.5 Å². The van der Waals surface area contributed by atoms with Gasteiger partial charge < -0.3 is 14.8 Å². The van der Waals surface area contributed by atoms with Gasteiger partial charge in [0.05, 0.1) is 23.9 Å². The molecular weight excluding hydrogens is 447 g/mol. The molecule has 8 heteroatoms. The molecular formula is C24H21FN2O3S2. The van der Waals surface area contributed by atoms with E-state index in [0.29, 0.717) is 12.3 Å². The summed E-state index contributed by atoms with van der Waals surface area (Å²) < 4.78 is 26.5. The van der Waals surface area contributed by atoms with Gasteiger partial charge in [0.1, 0.15) is 5.82 Å². The Morgan fingerprint density at radius 3 is 2.81 bits per heavy atom. The van der Waals surface area contributed by atoms with Crippen molar-refractivity contribution in [3.05, 3.63) is 77.6 Å². The summed E-state index contributed by atoms with van der Waals surface area (Å²) in [6, 6.07) is 17.0. The second-order valence-electron chi connectivity index (χ2n) is 6.98. The lowest BCUT2D eigenvalue weighted by Crippen LogP contribution is -2.11. The van der Waals surface area contributed by atoms with Crippen LogP contribution in [0.4, 0.5) is 10.1 Å². The third kappa shape index (κ3) is 5.38. The molecule has 0 saturated heterocycles. The number of hydrogen-bond acceptors (Lipinski definition) is 6. The smallest absolute Gasteiger partial charge is 0.255 e. The van der Waals surface area contributed by atoms with Gasteiger partial charge in [0, 0.05) is 17.0 Å². The molecule has 0 spiro atoms. The summed E-state index contributed by atoms with van der Waals surface area (Å²) in [5, 5.41) is 2.81. The maximum atomic E-state index is 13.4. The fourth-order valence-corrected chi connectivity index (χ4v) is 5.05. The van der Waals surface area contributed by atoms with Crippen LogP contribution < -0.4 is 14.8 Å². The number of ether oxygens (including phenoxy) is 2. The minimum absolute atomic E-state index is 0.274. The van der Waals surface area contributed by atoms with Gasteiger partial charge >= 0.3 is 0 Å². The Balaban J connectivity index is 1.35. The number of amides is 1. The van der Waals surface area contributed by atoms with Crippen molar-refractivity contribution >= 4 is 44.9 Å². The first-order valence-electron chi connectivity index (χ1n) is 9.89. The Kier molecular flexibility index (Phi) is 6.92. The fraction of sp³-hybridized carbons (Fsp3) is 0.167. The number of methoxy groups -OCH3 is 1. The summed E-state index contributed by atoms with van der Waals surface area (Å²) in [4.78, 5) is 17.0. The zero-order valence-electron chi connectivity index (χ0n) is 17.6. The highest BCUT2D eigenvalue weighted by Gasteiger charge is 2.10. The zero-order valence-corrected chi connectivity index (χ0v) is 19.2. The molecule has 0 atom stereocenters. The summed E-state index contributed by atoms with van der Waals surface area (Å²) in [6.45, 7) is 2.53. The molecule has 0 bridgehead atoms. The number of benzene rings is 3. The quantitative estimate of drug-likeness (QED) is 0.247. The average molecular weight is 469 g/mol. The topological polar surface area (TPSA) is 60.5 Å². The number of aryl methyl sites for hydroxylation is 1. The normalized spacial score (nSPS) is 10.8. The highest BCUT2D eigenvalue weighted by Crippen LogP contribution is 2.32. The lowest BCUT2D eigenvalue weighted by molar-refractivity contribution is 0.102. The van der Waals surface area contributed by atoms with Gasteiger partial charge in [0.2, 0.25) is 0 Å². The monoisotopic (exact) mass is 468 g/mol. The highest BCUT2D eigenvalue weighted by atomic mass is 32.2. The molecule has 0 aliphatic heterocycles. The Morgan fingerprint density at radius 2 is 2.00 bits per heavy atom. The SMILES string of the molecule is COc1cc(C)ccc1OCCSc1nc2ccc(NC(=O)c3cccc(F)c3)cc2s1. The van der Waals surface area contributed by atoms with Crippen molar-refractivity contribution in [3.63, 3.8) is 0 Å². The molecule has 0 unspecified atom stereocenters. The minimum Gasteiger partial charge on any atom is -0.493 e. The number of carbonyl (C=O) groups is 1. The molecule has 1 heterocycles. The molecule has 0 radical (unpaired) electrons. The third-order valence-electron chi connectivity index (χ3n) is 4.60. The molecule has 0 aliphatic carbocycles. The van der Waals surface area contributed by atoms with E-state index in [-0.39, 0.29) is 11.5 Å². The average Bonchev–Trinajstić information content (AvgIpc) is 3.19. The lowest BCUT2D eigenvalue weighted by Gasteiger charge is -2.10. The molecule has 1 aromatic heterocycles. The van der Waals surface area contributed by atoms with Gasteiger partial charge in [-0.15, -0.1) is 11.3 Å². The molecule has 0 fully saturated rings. The van der Waals surface area contributed by atoms with Gasteiger partial charge in [-0.25, -0.2) is 9.37 Å². The Morgan fingerprint density at radius 1 is 1.12 bits per heavy atom. The number of carbonyl (C=O) groups excluding carboxylic acids is 1. The van der Waals surface area contributed by atoms with Crippen LogP contribution in [0.5, 0.6) is 11.5 Å². The van der Waals surface area contributed by atoms with Crippen LogP contribution in [0.25, 0.3) is 10.2 Å². The predicted molar refractivity (Wildman–Crippen MR) is 128 cm³/mol. The number of hydrogen-bond donors (Lipinski definition) is 1. The van der Waals surface area contributed by atoms with E-state index in [2.05, 4.69) is 10.3 Å². The zero-order chi connectivity index (χ0) is 22.5. The number of halogens is 1. The van der Waals surface area contributed by atoms with E-state index in [1.54, 1.807) is 42.3 Å². The van der Waals surface area contributed by atoms with Crippen LogP contribution in [0.15, 0.2) is 65.0 Å². The molecule has 3 aromatic carbocycles. The molecule has 164 valence electrons. The predicted octanol–water partition coefficient (Wildman–Crippen LogP) is 6.18. The summed E-state index contributed by atoms with van der Waals surface area (Å²) in [7, 11) is 1.63. The second kappa shape index (κ2) is 10.0. The van der Waals surface area contributed by atoms with E-state index in [1.807, 2.05) is 37.3 Å². The summed E-state index contributed by atoms with van der Waals surface area (Å²) in [5.41, 5.74) is 2.89. The van der Waals surface area contributed by atoms with Crippen molar-refractivity contribution in [2.24, 2.45) is 0 Å². The van der Waals surface area contributed by atoms with Crippen LogP contribution in [0, 0.1) is 12.7 Å². The number of aromatic nitrogens is 1. The van der Waals surface area contributed by atoms with Crippen molar-refractivity contribution < 1.29 is 18.7 Å². The Bertz CT molecular complexity index is 1260. The standard InChI is InChI=1S/C24H21FN2O3S2/c1-15-6-9-20(21(12-15)29-2)30-10-11-31-24-27-19-8-7-18(14-22(19)32-24)26-23(28)16-4-3-5-17(25)13-16/h3-9,12-14H,10-11H2,1-2H3,(H,26,28). The van der Waals surface area contributed by atoms with Crippen molar-refractivity contribution in [2.45, 2.75) is 11.3 Å². The van der Waals surface area contributed by atoms with E-state index in [4.69, 9.17) is 9.47 Å². The molecule has 1 N–H and O–H groups in total. The van der Waals surface area contributed by atoms with Crippen LogP contribution in [0.3, 0.4) is 0 Å². The maximum absolute atomic E-state index is 13.4. The third-order valence-corrected chi connectivity index (χ3v) is 6.72. The van der Waals surface area contributed by atoms with E-state index < -0.39 is 5.82 Å². The Hall–Kier alpha value is -3.10. The molecule has 32 heavy (non-hydrogen) atoms. The fourth-order valence-electron chi connectivity index (χ4n) is 3.05. The van der Waals surface area contributed by atoms with Gasteiger partial charge in [-0.1, -0.05) is 23.9 Å². The van der Waals surface area contributed by atoms with E-state index in [9.17, 15) is 9.18 Å². The van der Waals surface area contributed by atoms with Crippen LogP contribution in [-0.4, -0.2) is 30.4 Å². The second-order valence-corrected chi connectivity index (χ2v) is 9.35. The van der Waals surface area contributed by atoms with Gasteiger partial charge in [-0.3, -0.25) is 4.79 Å². The first kappa shape index (κ1) is 22.1. The molecule has 0 saturated carbocycles. The lowest BCUT2D eigenvalue weighted by atomic mass is 10.2. The van der Waals surface area contributed by atoms with Crippen LogP contribution in [-0.2, 0) is 0 Å². The van der Waals surface area contributed by atoms with Crippen LogP contribution in [0.1, 0.15) is 15.9 Å². The number of nitrogens with one attached hydrogen (secondary N) is 1. The van der Waals surface area contributed by atoms with Gasteiger partial charge in [-0.2, -0.15) is 0 Å². The van der Waals surface area contributed by atoms with E-state index >= 15 is 0 Å². The van der Waals surface area contributed by atoms with E-state index in [1.165, 1.54) is 18.2 Å². The van der Waals surface area contributed by atoms with Gasteiger partial charge in [-0.05, 0) is 61.0 Å². The summed E-state index contributed by atoms with van der Waals surface area (Å²) in [6.07, 6.45) is 0. The summed E-state index contributed by atoms with van der Waals surface area (Å²) in [5.74, 6) is 1.39. The van der Waals surface area contributed by atoms with Crippen LogP contribution >= 0.6 is 23.1 Å². The first-order chi connectivity index (χ1) is 15.5. The molecule has 4 rings (SSSR count). The number of nitrogens with zero attached hydrogens (tertiary/aromatic N) is 1. The van der Waals surface area contributed by atoms with Gasteiger partial charge in [0.15, 0.2) is 15.8 Å². The number of fused-ring (bicyclic) bond motifs is 1.